The number of thiazole rings is 1. The van der Waals surface area contributed by atoms with E-state index < -0.39 is 5.82 Å². The predicted octanol–water partition coefficient (Wildman–Crippen LogP) is 5.18. The first-order chi connectivity index (χ1) is 15.2. The number of nitrogens with one attached hydrogen (secondary N) is 1. The molecule has 0 unspecified atom stereocenters. The summed E-state index contributed by atoms with van der Waals surface area (Å²) in [5.41, 5.74) is 1.55. The summed E-state index contributed by atoms with van der Waals surface area (Å²) in [5.74, 6) is 0.893. The molecule has 0 saturated heterocycles. The molecule has 5 rings (SSSR count). The number of amides is 1. The second-order valence-corrected chi connectivity index (χ2v) is 9.25. The molecule has 4 aromatic rings. The molecule has 9 heteroatoms. The molecule has 31 heavy (non-hydrogen) atoms. The van der Waals surface area contributed by atoms with E-state index in [4.69, 9.17) is 0 Å². The second-order valence-electron chi connectivity index (χ2n) is 7.44. The van der Waals surface area contributed by atoms with Gasteiger partial charge in [0.25, 0.3) is 0 Å². The molecule has 3 aromatic heterocycles. The topological polar surface area (TPSA) is 72.7 Å². The maximum absolute atomic E-state index is 14.4. The van der Waals surface area contributed by atoms with E-state index in [1.807, 2.05) is 22.9 Å². The molecule has 1 aliphatic heterocycles. The van der Waals surface area contributed by atoms with Crippen LogP contribution in [-0.2, 0) is 24.2 Å². The highest BCUT2D eigenvalue weighted by Crippen LogP contribution is 2.29. The number of aromatic nitrogens is 4. The van der Waals surface area contributed by atoms with Crippen LogP contribution in [0.3, 0.4) is 0 Å². The number of nitrogens with zero attached hydrogens (tertiary/aromatic N) is 4. The zero-order valence-electron chi connectivity index (χ0n) is 16.7. The van der Waals surface area contributed by atoms with Crippen LogP contribution in [0.25, 0.3) is 21.3 Å². The SMILES string of the molecule is O=C(Cc1csc(-c2cccs2)n1)Nc1cc(-c2nnc3n2CCCCC3)ccc1F. The van der Waals surface area contributed by atoms with Crippen molar-refractivity contribution in [3.8, 4) is 21.3 Å². The van der Waals surface area contributed by atoms with Crippen molar-refractivity contribution >= 4 is 34.3 Å². The highest BCUT2D eigenvalue weighted by Gasteiger charge is 2.18. The first kappa shape index (κ1) is 20.0. The van der Waals surface area contributed by atoms with Crippen molar-refractivity contribution in [3.63, 3.8) is 0 Å². The number of thiophene rings is 1. The van der Waals surface area contributed by atoms with E-state index in [9.17, 15) is 9.18 Å². The van der Waals surface area contributed by atoms with Gasteiger partial charge < -0.3 is 9.88 Å². The largest absolute Gasteiger partial charge is 0.323 e. The molecular formula is C22H20FN5OS2. The van der Waals surface area contributed by atoms with Crippen LogP contribution in [-0.4, -0.2) is 25.7 Å². The fourth-order valence-corrected chi connectivity index (χ4v) is 5.35. The van der Waals surface area contributed by atoms with Crippen LogP contribution < -0.4 is 5.32 Å². The van der Waals surface area contributed by atoms with E-state index in [1.165, 1.54) is 23.8 Å². The van der Waals surface area contributed by atoms with Crippen LogP contribution in [0.15, 0.2) is 41.1 Å². The van der Waals surface area contributed by atoms with Gasteiger partial charge in [-0.2, -0.15) is 0 Å². The van der Waals surface area contributed by atoms with Crippen LogP contribution in [0.5, 0.6) is 0 Å². The Kier molecular flexibility index (Phi) is 5.61. The quantitative estimate of drug-likeness (QED) is 0.452. The van der Waals surface area contributed by atoms with Crippen LogP contribution in [0.2, 0.25) is 0 Å². The maximum Gasteiger partial charge on any atom is 0.230 e. The predicted molar refractivity (Wildman–Crippen MR) is 121 cm³/mol. The molecule has 0 saturated carbocycles. The lowest BCUT2D eigenvalue weighted by atomic mass is 10.1. The van der Waals surface area contributed by atoms with E-state index in [1.54, 1.807) is 23.5 Å². The number of carbonyl (C=O) groups is 1. The molecule has 0 atom stereocenters. The number of hydrogen-bond donors (Lipinski definition) is 1. The Morgan fingerprint density at radius 1 is 1.16 bits per heavy atom. The van der Waals surface area contributed by atoms with Crippen molar-refractivity contribution in [3.05, 3.63) is 58.4 Å². The van der Waals surface area contributed by atoms with Crippen LogP contribution in [0.4, 0.5) is 10.1 Å². The summed E-state index contributed by atoms with van der Waals surface area (Å²) in [5, 5.41) is 16.1. The standard InChI is InChI=1S/C22H20FN5OS2/c23-16-8-7-14(21-27-26-19-6-2-1-3-9-28(19)21)11-17(16)25-20(29)12-15-13-31-22(24-15)18-5-4-10-30-18/h4-5,7-8,10-11,13H,1-3,6,9,12H2,(H,25,29). The van der Waals surface area contributed by atoms with Gasteiger partial charge >= 0.3 is 0 Å². The molecule has 158 valence electrons. The van der Waals surface area contributed by atoms with E-state index in [0.717, 1.165) is 47.1 Å². The average molecular weight is 454 g/mol. The first-order valence-electron chi connectivity index (χ1n) is 10.2. The Labute approximate surface area is 186 Å². The van der Waals surface area contributed by atoms with Gasteiger partial charge in [0.2, 0.25) is 5.91 Å². The van der Waals surface area contributed by atoms with Crippen molar-refractivity contribution in [1.82, 2.24) is 19.7 Å². The van der Waals surface area contributed by atoms with Gasteiger partial charge in [0.05, 0.1) is 22.7 Å². The van der Waals surface area contributed by atoms with Crippen LogP contribution in [0.1, 0.15) is 30.8 Å². The minimum Gasteiger partial charge on any atom is -0.323 e. The lowest BCUT2D eigenvalue weighted by Crippen LogP contribution is -2.15. The van der Waals surface area contributed by atoms with Crippen molar-refractivity contribution in [1.29, 1.82) is 0 Å². The molecule has 0 bridgehead atoms. The number of aryl methyl sites for hydroxylation is 1. The Morgan fingerprint density at radius 3 is 2.97 bits per heavy atom. The number of benzene rings is 1. The number of rotatable bonds is 5. The summed E-state index contributed by atoms with van der Waals surface area (Å²) in [6.45, 7) is 0.854. The van der Waals surface area contributed by atoms with Crippen molar-refractivity contribution < 1.29 is 9.18 Å². The normalized spacial score (nSPS) is 13.6. The average Bonchev–Trinajstić information content (AvgIpc) is 3.49. The number of carbonyl (C=O) groups excluding carboxylic acids is 1. The van der Waals surface area contributed by atoms with E-state index in [2.05, 4.69) is 25.1 Å². The summed E-state index contributed by atoms with van der Waals surface area (Å²) < 4.78 is 16.5. The third-order valence-corrected chi connectivity index (χ3v) is 7.16. The Bertz CT molecular complexity index is 1210. The van der Waals surface area contributed by atoms with Gasteiger partial charge in [0.1, 0.15) is 16.6 Å². The van der Waals surface area contributed by atoms with Gasteiger partial charge in [-0.3, -0.25) is 4.79 Å². The smallest absolute Gasteiger partial charge is 0.230 e. The number of hydrogen-bond acceptors (Lipinski definition) is 6. The molecule has 1 aromatic carbocycles. The van der Waals surface area contributed by atoms with Gasteiger partial charge in [-0.1, -0.05) is 12.5 Å². The fraction of sp³-hybridized carbons (Fsp3) is 0.273. The Balaban J connectivity index is 1.33. The zero-order valence-corrected chi connectivity index (χ0v) is 18.3. The first-order valence-corrected chi connectivity index (χ1v) is 11.9. The van der Waals surface area contributed by atoms with Crippen LogP contribution in [0, 0.1) is 5.82 Å². The summed E-state index contributed by atoms with van der Waals surface area (Å²) >= 11 is 3.11. The van der Waals surface area contributed by atoms with Gasteiger partial charge in [0, 0.05) is 23.9 Å². The summed E-state index contributed by atoms with van der Waals surface area (Å²) in [6.07, 6.45) is 4.33. The van der Waals surface area contributed by atoms with Crippen molar-refractivity contribution in [2.75, 3.05) is 5.32 Å². The summed E-state index contributed by atoms with van der Waals surface area (Å²) in [6, 6.07) is 8.65. The van der Waals surface area contributed by atoms with Crippen molar-refractivity contribution in [2.45, 2.75) is 38.6 Å². The van der Waals surface area contributed by atoms with Gasteiger partial charge in [-0.05, 0) is 42.5 Å². The van der Waals surface area contributed by atoms with E-state index >= 15 is 0 Å². The molecule has 0 spiro atoms. The van der Waals surface area contributed by atoms with E-state index in [0.29, 0.717) is 11.5 Å². The number of fused-ring (bicyclic) bond motifs is 1. The maximum atomic E-state index is 14.4. The zero-order chi connectivity index (χ0) is 21.2. The van der Waals surface area contributed by atoms with Gasteiger partial charge in [-0.15, -0.1) is 32.9 Å². The van der Waals surface area contributed by atoms with E-state index in [-0.39, 0.29) is 18.0 Å². The fourth-order valence-electron chi connectivity index (χ4n) is 3.72. The molecule has 1 aliphatic rings. The molecule has 6 nitrogen and oxygen atoms in total. The lowest BCUT2D eigenvalue weighted by Gasteiger charge is -2.10. The second kappa shape index (κ2) is 8.68. The molecule has 4 heterocycles. The minimum absolute atomic E-state index is 0.0892. The third kappa shape index (κ3) is 4.28. The Morgan fingerprint density at radius 2 is 2.10 bits per heavy atom. The number of halogens is 1. The highest BCUT2D eigenvalue weighted by molar-refractivity contribution is 7.20. The van der Waals surface area contributed by atoms with Crippen molar-refractivity contribution in [2.24, 2.45) is 0 Å². The highest BCUT2D eigenvalue weighted by atomic mass is 32.1. The molecule has 0 aliphatic carbocycles. The van der Waals surface area contributed by atoms with Gasteiger partial charge in [-0.25, -0.2) is 9.37 Å². The molecule has 1 amide bonds. The molecule has 1 N–H and O–H groups in total. The molecule has 0 fully saturated rings. The van der Waals surface area contributed by atoms with Crippen LogP contribution >= 0.6 is 22.7 Å². The number of anilines is 1. The Hall–Kier alpha value is -2.91. The molecule has 0 radical (unpaired) electrons. The van der Waals surface area contributed by atoms with Gasteiger partial charge in [0.15, 0.2) is 5.82 Å². The minimum atomic E-state index is -0.481. The summed E-state index contributed by atoms with van der Waals surface area (Å²) in [4.78, 5) is 18.2. The third-order valence-electron chi connectivity index (χ3n) is 5.23. The summed E-state index contributed by atoms with van der Waals surface area (Å²) in [7, 11) is 0. The monoisotopic (exact) mass is 453 g/mol. The molecular weight excluding hydrogens is 433 g/mol. The lowest BCUT2D eigenvalue weighted by molar-refractivity contribution is -0.115.